The Bertz CT molecular complexity index is 975. The first kappa shape index (κ1) is 18.5. The van der Waals surface area contributed by atoms with E-state index in [1.807, 2.05) is 6.92 Å². The van der Waals surface area contributed by atoms with E-state index in [1.165, 1.54) is 26.2 Å². The van der Waals surface area contributed by atoms with Crippen LogP contribution >= 0.6 is 11.6 Å². The molecule has 26 heavy (non-hydrogen) atoms. The number of amides is 1. The predicted molar refractivity (Wildman–Crippen MR) is 102 cm³/mol. The fourth-order valence-electron chi connectivity index (χ4n) is 3.20. The van der Waals surface area contributed by atoms with Crippen LogP contribution in [0.15, 0.2) is 41.3 Å². The second-order valence-electron chi connectivity index (χ2n) is 6.19. The molecule has 138 valence electrons. The molecule has 6 nitrogen and oxygen atoms in total. The van der Waals surface area contributed by atoms with E-state index >= 15 is 0 Å². The lowest BCUT2D eigenvalue weighted by Crippen LogP contribution is -2.33. The van der Waals surface area contributed by atoms with Crippen molar-refractivity contribution in [1.82, 2.24) is 0 Å². The monoisotopic (exact) mass is 394 g/mol. The number of sulfonamides is 1. The Balaban J connectivity index is 1.90. The first-order chi connectivity index (χ1) is 12.2. The van der Waals surface area contributed by atoms with Crippen LogP contribution in [0, 0.1) is 0 Å². The van der Waals surface area contributed by atoms with Crippen LogP contribution in [0.2, 0.25) is 5.02 Å². The van der Waals surface area contributed by atoms with Gasteiger partial charge in [-0.25, -0.2) is 8.42 Å². The van der Waals surface area contributed by atoms with Crippen molar-refractivity contribution in [2.45, 2.75) is 31.2 Å². The van der Waals surface area contributed by atoms with Crippen LogP contribution in [-0.2, 0) is 21.2 Å². The molecule has 0 saturated heterocycles. The van der Waals surface area contributed by atoms with Gasteiger partial charge in [0.05, 0.1) is 22.7 Å². The summed E-state index contributed by atoms with van der Waals surface area (Å²) >= 11 is 6.05. The molecule has 0 saturated carbocycles. The van der Waals surface area contributed by atoms with Gasteiger partial charge in [0.1, 0.15) is 5.75 Å². The number of methoxy groups -OCH3 is 1. The molecule has 0 fully saturated rings. The number of halogens is 1. The van der Waals surface area contributed by atoms with Gasteiger partial charge in [-0.2, -0.15) is 0 Å². The highest BCUT2D eigenvalue weighted by molar-refractivity contribution is 7.92. The second-order valence-corrected chi connectivity index (χ2v) is 8.28. The quantitative estimate of drug-likeness (QED) is 0.861. The van der Waals surface area contributed by atoms with E-state index in [2.05, 4.69) is 4.72 Å². The van der Waals surface area contributed by atoms with Crippen molar-refractivity contribution >= 4 is 38.9 Å². The highest BCUT2D eigenvalue weighted by Gasteiger charge is 2.30. The Labute approximate surface area is 157 Å². The molecule has 2 aromatic rings. The number of carbonyl (C=O) groups is 1. The maximum atomic E-state index is 12.7. The van der Waals surface area contributed by atoms with Crippen LogP contribution in [0.4, 0.5) is 11.4 Å². The van der Waals surface area contributed by atoms with Crippen molar-refractivity contribution < 1.29 is 17.9 Å². The average Bonchev–Trinajstić information content (AvgIpc) is 2.89. The summed E-state index contributed by atoms with van der Waals surface area (Å²) in [5.74, 6) is 0.406. The lowest BCUT2D eigenvalue weighted by atomic mass is 10.1. The molecule has 1 aliphatic rings. The van der Waals surface area contributed by atoms with Gasteiger partial charge in [0, 0.05) is 18.7 Å². The molecule has 1 atom stereocenters. The van der Waals surface area contributed by atoms with Crippen LogP contribution in [0.25, 0.3) is 0 Å². The zero-order valence-corrected chi connectivity index (χ0v) is 16.2. The normalized spacial score (nSPS) is 16.3. The first-order valence-electron chi connectivity index (χ1n) is 8.02. The summed E-state index contributed by atoms with van der Waals surface area (Å²) in [6.45, 7) is 3.44. The third-order valence-electron chi connectivity index (χ3n) is 4.32. The van der Waals surface area contributed by atoms with Crippen molar-refractivity contribution in [2.75, 3.05) is 16.7 Å². The number of carbonyl (C=O) groups excluding carboxylic acids is 1. The topological polar surface area (TPSA) is 75.7 Å². The van der Waals surface area contributed by atoms with Crippen LogP contribution in [0.1, 0.15) is 19.4 Å². The third kappa shape index (κ3) is 3.37. The molecule has 1 aliphatic heterocycles. The summed E-state index contributed by atoms with van der Waals surface area (Å²) in [5, 5.41) is 0.313. The molecule has 0 radical (unpaired) electrons. The van der Waals surface area contributed by atoms with E-state index in [9.17, 15) is 13.2 Å². The van der Waals surface area contributed by atoms with Gasteiger partial charge in [0.2, 0.25) is 5.91 Å². The largest absolute Gasteiger partial charge is 0.495 e. The minimum absolute atomic E-state index is 0.00816. The summed E-state index contributed by atoms with van der Waals surface area (Å²) < 4.78 is 33.0. The molecule has 3 rings (SSSR count). The SMILES string of the molecule is COc1ccc(NS(=O)(=O)c2ccc3c(c2)C[C@H](C)N3C(C)=O)cc1Cl. The zero-order chi connectivity index (χ0) is 19.1. The van der Waals surface area contributed by atoms with E-state index < -0.39 is 10.0 Å². The van der Waals surface area contributed by atoms with Gasteiger partial charge < -0.3 is 9.64 Å². The fourth-order valence-corrected chi connectivity index (χ4v) is 4.56. The van der Waals surface area contributed by atoms with Crippen LogP contribution < -0.4 is 14.4 Å². The van der Waals surface area contributed by atoms with E-state index in [0.717, 1.165) is 11.3 Å². The number of ether oxygens (including phenoxy) is 1. The molecular formula is C18H19ClN2O4S. The lowest BCUT2D eigenvalue weighted by molar-refractivity contribution is -0.116. The van der Waals surface area contributed by atoms with Gasteiger partial charge in [0.15, 0.2) is 0 Å². The van der Waals surface area contributed by atoms with Gasteiger partial charge in [-0.05, 0) is 55.3 Å². The van der Waals surface area contributed by atoms with E-state index in [4.69, 9.17) is 16.3 Å². The highest BCUT2D eigenvalue weighted by Crippen LogP contribution is 2.34. The summed E-state index contributed by atoms with van der Waals surface area (Å²) in [6, 6.07) is 9.46. The summed E-state index contributed by atoms with van der Waals surface area (Å²) in [7, 11) is -2.29. The fraction of sp³-hybridized carbons (Fsp3) is 0.278. The van der Waals surface area contributed by atoms with Gasteiger partial charge >= 0.3 is 0 Å². The number of nitrogens with one attached hydrogen (secondary N) is 1. The number of hydrogen-bond donors (Lipinski definition) is 1. The predicted octanol–water partition coefficient (Wildman–Crippen LogP) is 3.45. The molecular weight excluding hydrogens is 376 g/mol. The molecule has 1 heterocycles. The Morgan fingerprint density at radius 1 is 1.27 bits per heavy atom. The Hall–Kier alpha value is -2.25. The van der Waals surface area contributed by atoms with Crippen molar-refractivity contribution in [3.05, 3.63) is 47.0 Å². The molecule has 1 N–H and O–H groups in total. The Morgan fingerprint density at radius 2 is 2.00 bits per heavy atom. The lowest BCUT2D eigenvalue weighted by Gasteiger charge is -2.20. The molecule has 0 aliphatic carbocycles. The minimum atomic E-state index is -3.78. The number of benzene rings is 2. The maximum absolute atomic E-state index is 12.7. The van der Waals surface area contributed by atoms with Crippen molar-refractivity contribution in [1.29, 1.82) is 0 Å². The molecule has 1 amide bonds. The number of fused-ring (bicyclic) bond motifs is 1. The summed E-state index contributed by atoms with van der Waals surface area (Å²) in [6.07, 6.45) is 0.618. The van der Waals surface area contributed by atoms with Gasteiger partial charge in [0.25, 0.3) is 10.0 Å². The standard InChI is InChI=1S/C18H19ClN2O4S/c1-11-8-13-9-15(5-6-17(13)21(11)12(2)22)26(23,24)20-14-4-7-18(25-3)16(19)10-14/h4-7,9-11,20H,8H2,1-3H3/t11-/m0/s1. The van der Waals surface area contributed by atoms with Crippen molar-refractivity contribution in [2.24, 2.45) is 0 Å². The number of nitrogens with zero attached hydrogens (tertiary/aromatic N) is 1. The third-order valence-corrected chi connectivity index (χ3v) is 5.99. The Morgan fingerprint density at radius 3 is 2.62 bits per heavy atom. The maximum Gasteiger partial charge on any atom is 0.261 e. The minimum Gasteiger partial charge on any atom is -0.495 e. The summed E-state index contributed by atoms with van der Waals surface area (Å²) in [5.41, 5.74) is 1.94. The molecule has 0 bridgehead atoms. The van der Waals surface area contributed by atoms with Gasteiger partial charge in [-0.3, -0.25) is 9.52 Å². The number of hydrogen-bond acceptors (Lipinski definition) is 4. The van der Waals surface area contributed by atoms with Crippen LogP contribution in [0.5, 0.6) is 5.75 Å². The first-order valence-corrected chi connectivity index (χ1v) is 9.88. The second kappa shape index (κ2) is 6.81. The molecule has 8 heteroatoms. The van der Waals surface area contributed by atoms with Crippen LogP contribution in [-0.4, -0.2) is 27.5 Å². The van der Waals surface area contributed by atoms with Crippen molar-refractivity contribution in [3.8, 4) is 5.75 Å². The molecule has 2 aromatic carbocycles. The van der Waals surface area contributed by atoms with Crippen molar-refractivity contribution in [3.63, 3.8) is 0 Å². The number of anilines is 2. The summed E-state index contributed by atoms with van der Waals surface area (Å²) in [4.78, 5) is 13.6. The van der Waals surface area contributed by atoms with E-state index in [0.29, 0.717) is 22.9 Å². The molecule has 0 aromatic heterocycles. The highest BCUT2D eigenvalue weighted by atomic mass is 35.5. The average molecular weight is 395 g/mol. The zero-order valence-electron chi connectivity index (χ0n) is 14.6. The number of rotatable bonds is 4. The molecule has 0 unspecified atom stereocenters. The van der Waals surface area contributed by atoms with E-state index in [-0.39, 0.29) is 16.8 Å². The van der Waals surface area contributed by atoms with Gasteiger partial charge in [-0.15, -0.1) is 0 Å². The van der Waals surface area contributed by atoms with E-state index in [1.54, 1.807) is 29.2 Å². The Kier molecular flexibility index (Phi) is 4.86. The molecule has 0 spiro atoms. The smallest absolute Gasteiger partial charge is 0.261 e. The van der Waals surface area contributed by atoms with Gasteiger partial charge in [-0.1, -0.05) is 11.6 Å². The van der Waals surface area contributed by atoms with Crippen LogP contribution in [0.3, 0.4) is 0 Å².